The Bertz CT molecular complexity index is 313. The minimum atomic E-state index is -0.720. The molecule has 0 aromatic rings. The fraction of sp³-hybridized carbons (Fsp3) is 0.867. The molecule has 18 heavy (non-hydrogen) atoms. The average molecular weight is 250 g/mol. The van der Waals surface area contributed by atoms with Gasteiger partial charge in [-0.2, -0.15) is 5.26 Å². The number of unbranched alkanes of at least 4 members (excludes halogenated alkanes) is 1. The number of rotatable bonds is 7. The van der Waals surface area contributed by atoms with E-state index in [1.807, 2.05) is 0 Å². The molecule has 3 nitrogen and oxygen atoms in total. The van der Waals surface area contributed by atoms with Crippen molar-refractivity contribution in [2.75, 3.05) is 6.54 Å². The first-order valence-electron chi connectivity index (χ1n) is 7.27. The third-order valence-corrected chi connectivity index (χ3v) is 4.14. The normalized spacial score (nSPS) is 28.0. The highest BCUT2D eigenvalue weighted by atomic mass is 16.2. The van der Waals surface area contributed by atoms with Crippen molar-refractivity contribution in [3.63, 3.8) is 0 Å². The molecule has 0 aliphatic heterocycles. The second-order valence-corrected chi connectivity index (χ2v) is 5.83. The van der Waals surface area contributed by atoms with Crippen LogP contribution < -0.4 is 5.32 Å². The van der Waals surface area contributed by atoms with E-state index in [1.54, 1.807) is 0 Å². The maximum Gasteiger partial charge on any atom is 0.240 e. The first kappa shape index (κ1) is 15.0. The Morgan fingerprint density at radius 2 is 2.17 bits per heavy atom. The van der Waals surface area contributed by atoms with Crippen LogP contribution in [0.4, 0.5) is 0 Å². The van der Waals surface area contributed by atoms with Crippen LogP contribution >= 0.6 is 0 Å². The van der Waals surface area contributed by atoms with Crippen LogP contribution in [0.3, 0.4) is 0 Å². The zero-order valence-corrected chi connectivity index (χ0v) is 12.0. The molecule has 0 bridgehead atoms. The van der Waals surface area contributed by atoms with E-state index in [2.05, 4.69) is 32.2 Å². The number of hydrogen-bond donors (Lipinski definition) is 1. The highest BCUT2D eigenvalue weighted by Gasteiger charge is 2.48. The van der Waals surface area contributed by atoms with Gasteiger partial charge in [0.25, 0.3) is 0 Å². The molecule has 1 unspecified atom stereocenters. The third kappa shape index (κ3) is 3.48. The third-order valence-electron chi connectivity index (χ3n) is 4.14. The minimum Gasteiger partial charge on any atom is -0.354 e. The van der Waals surface area contributed by atoms with Crippen molar-refractivity contribution in [1.82, 2.24) is 5.32 Å². The molecule has 1 aliphatic carbocycles. The van der Waals surface area contributed by atoms with Crippen molar-refractivity contribution in [2.45, 2.75) is 59.3 Å². The zero-order valence-electron chi connectivity index (χ0n) is 12.0. The number of amides is 1. The highest BCUT2D eigenvalue weighted by molar-refractivity contribution is 5.86. The summed E-state index contributed by atoms with van der Waals surface area (Å²) in [6.07, 6.45) is 6.13. The Morgan fingerprint density at radius 3 is 2.61 bits per heavy atom. The van der Waals surface area contributed by atoms with Gasteiger partial charge >= 0.3 is 0 Å². The molecule has 0 aromatic heterocycles. The SMILES string of the molecule is CCCCC(CC)CNC(=O)C1(C#N)CC(C)C1. The molecule has 102 valence electrons. The van der Waals surface area contributed by atoms with Crippen LogP contribution in [0.15, 0.2) is 0 Å². The van der Waals surface area contributed by atoms with E-state index in [9.17, 15) is 10.1 Å². The lowest BCUT2D eigenvalue weighted by Gasteiger charge is -2.39. The predicted molar refractivity (Wildman–Crippen MR) is 72.8 cm³/mol. The fourth-order valence-electron chi connectivity index (χ4n) is 2.81. The number of carbonyl (C=O) groups is 1. The first-order chi connectivity index (χ1) is 8.57. The van der Waals surface area contributed by atoms with Crippen LogP contribution in [-0.2, 0) is 4.79 Å². The molecule has 0 spiro atoms. The van der Waals surface area contributed by atoms with Crippen molar-refractivity contribution in [3.05, 3.63) is 0 Å². The summed E-state index contributed by atoms with van der Waals surface area (Å²) in [5, 5.41) is 12.2. The van der Waals surface area contributed by atoms with E-state index >= 15 is 0 Å². The molecule has 1 saturated carbocycles. The predicted octanol–water partition coefficient (Wildman–Crippen LogP) is 3.26. The summed E-state index contributed by atoms with van der Waals surface area (Å²) in [6.45, 7) is 7.18. The molecular weight excluding hydrogens is 224 g/mol. The average Bonchev–Trinajstić information content (AvgIpc) is 2.34. The van der Waals surface area contributed by atoms with Gasteiger partial charge in [0.1, 0.15) is 5.41 Å². The Hall–Kier alpha value is -1.04. The quantitative estimate of drug-likeness (QED) is 0.754. The molecule has 1 fully saturated rings. The van der Waals surface area contributed by atoms with E-state index in [4.69, 9.17) is 0 Å². The van der Waals surface area contributed by atoms with Crippen LogP contribution in [0.1, 0.15) is 59.3 Å². The molecule has 0 radical (unpaired) electrons. The van der Waals surface area contributed by atoms with E-state index in [0.717, 1.165) is 25.8 Å². The van der Waals surface area contributed by atoms with Gasteiger partial charge < -0.3 is 5.32 Å². The molecule has 0 aromatic carbocycles. The van der Waals surface area contributed by atoms with Crippen LogP contribution in [0, 0.1) is 28.6 Å². The van der Waals surface area contributed by atoms with Gasteiger partial charge in [0, 0.05) is 6.54 Å². The van der Waals surface area contributed by atoms with Gasteiger partial charge in [-0.1, -0.05) is 40.0 Å². The molecule has 1 aliphatic rings. The van der Waals surface area contributed by atoms with Gasteiger partial charge in [-0.05, 0) is 31.1 Å². The van der Waals surface area contributed by atoms with Gasteiger partial charge in [-0.3, -0.25) is 4.79 Å². The highest BCUT2D eigenvalue weighted by Crippen LogP contribution is 2.45. The summed E-state index contributed by atoms with van der Waals surface area (Å²) in [4.78, 5) is 12.1. The number of nitrogens with one attached hydrogen (secondary N) is 1. The number of hydrogen-bond acceptors (Lipinski definition) is 2. The number of nitrogens with zero attached hydrogens (tertiary/aromatic N) is 1. The molecule has 0 saturated heterocycles. The second kappa shape index (κ2) is 6.78. The van der Waals surface area contributed by atoms with Crippen LogP contribution in [0.2, 0.25) is 0 Å². The number of nitriles is 1. The van der Waals surface area contributed by atoms with Gasteiger partial charge in [0.05, 0.1) is 6.07 Å². The Labute approximate surface area is 111 Å². The van der Waals surface area contributed by atoms with E-state index in [0.29, 0.717) is 11.8 Å². The van der Waals surface area contributed by atoms with E-state index in [1.165, 1.54) is 19.3 Å². The molecule has 0 heterocycles. The zero-order chi connectivity index (χ0) is 13.6. The topological polar surface area (TPSA) is 52.9 Å². The molecular formula is C15H26N2O. The Kier molecular flexibility index (Phi) is 5.65. The molecule has 1 atom stereocenters. The van der Waals surface area contributed by atoms with Crippen LogP contribution in [0.5, 0.6) is 0 Å². The van der Waals surface area contributed by atoms with Gasteiger partial charge in [0.15, 0.2) is 0 Å². The maximum absolute atomic E-state index is 12.1. The van der Waals surface area contributed by atoms with Gasteiger partial charge in [-0.25, -0.2) is 0 Å². The molecule has 1 rings (SSSR count). The van der Waals surface area contributed by atoms with Crippen molar-refractivity contribution >= 4 is 5.91 Å². The van der Waals surface area contributed by atoms with Crippen molar-refractivity contribution in [3.8, 4) is 6.07 Å². The van der Waals surface area contributed by atoms with Gasteiger partial charge in [0.2, 0.25) is 5.91 Å². The second-order valence-electron chi connectivity index (χ2n) is 5.83. The van der Waals surface area contributed by atoms with Crippen molar-refractivity contribution in [1.29, 1.82) is 5.26 Å². The number of carbonyl (C=O) groups excluding carboxylic acids is 1. The maximum atomic E-state index is 12.1. The van der Waals surface area contributed by atoms with Crippen LogP contribution in [-0.4, -0.2) is 12.5 Å². The fourth-order valence-corrected chi connectivity index (χ4v) is 2.81. The largest absolute Gasteiger partial charge is 0.354 e. The summed E-state index contributed by atoms with van der Waals surface area (Å²) in [5.41, 5.74) is -0.720. The first-order valence-corrected chi connectivity index (χ1v) is 7.27. The minimum absolute atomic E-state index is 0.0435. The summed E-state index contributed by atoms with van der Waals surface area (Å²) in [5.74, 6) is 1.03. The van der Waals surface area contributed by atoms with Gasteiger partial charge in [-0.15, -0.1) is 0 Å². The van der Waals surface area contributed by atoms with E-state index in [-0.39, 0.29) is 5.91 Å². The summed E-state index contributed by atoms with van der Waals surface area (Å²) in [7, 11) is 0. The Morgan fingerprint density at radius 1 is 1.50 bits per heavy atom. The van der Waals surface area contributed by atoms with Crippen molar-refractivity contribution in [2.24, 2.45) is 17.3 Å². The summed E-state index contributed by atoms with van der Waals surface area (Å²) < 4.78 is 0. The summed E-state index contributed by atoms with van der Waals surface area (Å²) in [6, 6.07) is 2.22. The van der Waals surface area contributed by atoms with Crippen LogP contribution in [0.25, 0.3) is 0 Å². The molecule has 1 N–H and O–H groups in total. The van der Waals surface area contributed by atoms with Crippen molar-refractivity contribution < 1.29 is 4.79 Å². The molecule has 1 amide bonds. The lowest BCUT2D eigenvalue weighted by Crippen LogP contribution is -2.49. The summed E-state index contributed by atoms with van der Waals surface area (Å²) >= 11 is 0. The monoisotopic (exact) mass is 250 g/mol. The van der Waals surface area contributed by atoms with E-state index < -0.39 is 5.41 Å². The smallest absolute Gasteiger partial charge is 0.240 e. The Balaban J connectivity index is 2.38. The lowest BCUT2D eigenvalue weighted by molar-refractivity contribution is -0.134. The molecule has 3 heteroatoms. The standard InChI is InChI=1S/C15H26N2O/c1-4-6-7-13(5-2)10-17-14(18)15(11-16)8-12(3)9-15/h12-13H,4-10H2,1-3H3,(H,17,18). The lowest BCUT2D eigenvalue weighted by atomic mass is 9.63.